The fourth-order valence-corrected chi connectivity index (χ4v) is 3.85. The normalized spacial score (nSPS) is 11.9. The van der Waals surface area contributed by atoms with Gasteiger partial charge in [0, 0.05) is 5.56 Å². The van der Waals surface area contributed by atoms with Crippen LogP contribution in [0.4, 0.5) is 0 Å². The van der Waals surface area contributed by atoms with Gasteiger partial charge < -0.3 is 4.74 Å². The molecule has 30 heavy (non-hydrogen) atoms. The molecule has 4 rings (SSSR count). The van der Waals surface area contributed by atoms with E-state index in [1.54, 1.807) is 10.6 Å². The lowest BCUT2D eigenvalue weighted by Gasteiger charge is -2.20. The average molecular weight is 417 g/mol. The van der Waals surface area contributed by atoms with Crippen LogP contribution in [0.3, 0.4) is 0 Å². The van der Waals surface area contributed by atoms with Gasteiger partial charge in [0.25, 0.3) is 5.56 Å². The number of aromatic amines is 1. The first-order chi connectivity index (χ1) is 14.5. The largest absolute Gasteiger partial charge is 0.465 e. The smallest absolute Gasteiger partial charge is 0.338 e. The fraction of sp³-hybridized carbons (Fsp3) is 0.130. The van der Waals surface area contributed by atoms with Gasteiger partial charge in [-0.2, -0.15) is 0 Å². The Balaban J connectivity index is 2.11. The molecule has 0 aliphatic heterocycles. The predicted molar refractivity (Wildman–Crippen MR) is 118 cm³/mol. The van der Waals surface area contributed by atoms with Crippen molar-refractivity contribution in [3.05, 3.63) is 93.0 Å². The number of H-pyrrole nitrogens is 1. The van der Waals surface area contributed by atoms with E-state index in [1.165, 1.54) is 7.11 Å². The van der Waals surface area contributed by atoms with Crippen molar-refractivity contribution in [2.45, 2.75) is 13.0 Å². The van der Waals surface area contributed by atoms with Gasteiger partial charge in [0.05, 0.1) is 29.8 Å². The summed E-state index contributed by atoms with van der Waals surface area (Å²) < 4.78 is 6.95. The van der Waals surface area contributed by atoms with Crippen LogP contribution in [0.2, 0.25) is 0 Å². The highest BCUT2D eigenvalue weighted by Crippen LogP contribution is 2.27. The number of carbonyl (C=O) groups excluding carboxylic acids is 1. The molecule has 2 heterocycles. The molecule has 150 valence electrons. The second-order valence-corrected chi connectivity index (χ2v) is 7.21. The van der Waals surface area contributed by atoms with Crippen molar-refractivity contribution in [2.75, 3.05) is 7.11 Å². The van der Waals surface area contributed by atoms with Crippen LogP contribution in [0, 0.1) is 4.77 Å². The van der Waals surface area contributed by atoms with E-state index in [0.29, 0.717) is 11.3 Å². The molecular weight excluding hydrogens is 398 g/mol. The van der Waals surface area contributed by atoms with E-state index < -0.39 is 11.5 Å². The lowest BCUT2D eigenvalue weighted by molar-refractivity contribution is 0.0603. The number of fused-ring (bicyclic) bond motifs is 1. The summed E-state index contributed by atoms with van der Waals surface area (Å²) in [4.78, 5) is 32.8. The average Bonchev–Trinajstić information content (AvgIpc) is 2.78. The van der Waals surface area contributed by atoms with Crippen molar-refractivity contribution >= 4 is 29.2 Å². The Hall–Kier alpha value is -3.58. The van der Waals surface area contributed by atoms with Gasteiger partial charge in [0.1, 0.15) is 5.65 Å². The van der Waals surface area contributed by atoms with Crippen LogP contribution < -0.4 is 5.56 Å². The van der Waals surface area contributed by atoms with Crippen LogP contribution in [0.25, 0.3) is 22.3 Å². The first-order valence-corrected chi connectivity index (χ1v) is 9.80. The molecule has 2 aromatic carbocycles. The topological polar surface area (TPSA) is 77.0 Å². The lowest BCUT2D eigenvalue weighted by Crippen LogP contribution is -2.21. The van der Waals surface area contributed by atoms with Crippen molar-refractivity contribution in [3.63, 3.8) is 0 Å². The molecule has 0 fully saturated rings. The molecular formula is C23H19N3O3S. The zero-order valence-electron chi connectivity index (χ0n) is 16.5. The van der Waals surface area contributed by atoms with Crippen LogP contribution >= 0.6 is 12.2 Å². The molecule has 0 saturated heterocycles. The lowest BCUT2D eigenvalue weighted by atomic mass is 10.1. The van der Waals surface area contributed by atoms with Crippen LogP contribution in [0.15, 0.2) is 71.5 Å². The van der Waals surface area contributed by atoms with E-state index >= 15 is 0 Å². The Bertz CT molecular complexity index is 1350. The summed E-state index contributed by atoms with van der Waals surface area (Å²) >= 11 is 5.49. The molecule has 1 atom stereocenters. The number of hydrogen-bond donors (Lipinski definition) is 1. The molecule has 0 amide bonds. The minimum atomic E-state index is -0.610. The molecule has 4 aromatic rings. The highest BCUT2D eigenvalue weighted by atomic mass is 32.1. The highest BCUT2D eigenvalue weighted by molar-refractivity contribution is 7.71. The molecule has 0 aliphatic carbocycles. The van der Waals surface area contributed by atoms with Gasteiger partial charge in [0.15, 0.2) is 4.77 Å². The second kappa shape index (κ2) is 8.04. The van der Waals surface area contributed by atoms with E-state index in [0.717, 1.165) is 11.1 Å². The summed E-state index contributed by atoms with van der Waals surface area (Å²) in [6.07, 6.45) is 0. The summed E-state index contributed by atoms with van der Waals surface area (Å²) in [5.74, 6) is -0.610. The number of pyridine rings is 1. The van der Waals surface area contributed by atoms with Gasteiger partial charge in [-0.25, -0.2) is 9.78 Å². The Kier molecular flexibility index (Phi) is 5.29. The van der Waals surface area contributed by atoms with Crippen molar-refractivity contribution in [1.29, 1.82) is 0 Å². The van der Waals surface area contributed by atoms with Gasteiger partial charge in [-0.3, -0.25) is 14.3 Å². The predicted octanol–water partition coefficient (Wildman–Crippen LogP) is 4.52. The Labute approximate surface area is 177 Å². The number of ether oxygens (including phenoxy) is 1. The zero-order chi connectivity index (χ0) is 21.3. The maximum absolute atomic E-state index is 12.8. The summed E-state index contributed by atoms with van der Waals surface area (Å²) in [6.45, 7) is 1.97. The SMILES string of the molecule is COC(=O)c1cc(-c2ccccc2)nc2c1c(=O)[nH]c(=S)n2[C@@H](C)c1ccccc1. The fourth-order valence-electron chi connectivity index (χ4n) is 3.51. The van der Waals surface area contributed by atoms with E-state index in [2.05, 4.69) is 4.98 Å². The molecule has 0 bridgehead atoms. The summed E-state index contributed by atoms with van der Waals surface area (Å²) in [5.41, 5.74) is 2.37. The third kappa shape index (κ3) is 3.44. The molecule has 0 spiro atoms. The van der Waals surface area contributed by atoms with Crippen LogP contribution in [0.1, 0.15) is 28.9 Å². The third-order valence-corrected chi connectivity index (χ3v) is 5.34. The quantitative estimate of drug-likeness (QED) is 0.390. The maximum Gasteiger partial charge on any atom is 0.338 e. The van der Waals surface area contributed by atoms with Crippen LogP contribution in [-0.2, 0) is 4.74 Å². The first-order valence-electron chi connectivity index (χ1n) is 9.39. The van der Waals surface area contributed by atoms with E-state index in [4.69, 9.17) is 21.9 Å². The molecule has 2 aromatic heterocycles. The number of hydrogen-bond acceptors (Lipinski definition) is 5. The Morgan fingerprint density at radius 3 is 2.37 bits per heavy atom. The number of carbonyl (C=O) groups is 1. The number of esters is 1. The van der Waals surface area contributed by atoms with Gasteiger partial charge in [-0.1, -0.05) is 60.7 Å². The molecule has 0 aliphatic rings. The molecule has 0 unspecified atom stereocenters. The first kappa shape index (κ1) is 19.7. The molecule has 7 heteroatoms. The number of rotatable bonds is 4. The molecule has 6 nitrogen and oxygen atoms in total. The summed E-state index contributed by atoms with van der Waals surface area (Å²) in [6, 6.07) is 20.6. The highest BCUT2D eigenvalue weighted by Gasteiger charge is 2.22. The van der Waals surface area contributed by atoms with Crippen molar-refractivity contribution < 1.29 is 9.53 Å². The van der Waals surface area contributed by atoms with Crippen LogP contribution in [-0.4, -0.2) is 27.6 Å². The van der Waals surface area contributed by atoms with Gasteiger partial charge in [0.2, 0.25) is 0 Å². The second-order valence-electron chi connectivity index (χ2n) is 6.83. The number of nitrogens with zero attached hydrogens (tertiary/aromatic N) is 2. The summed E-state index contributed by atoms with van der Waals surface area (Å²) in [7, 11) is 1.28. The molecule has 0 saturated carbocycles. The Morgan fingerprint density at radius 1 is 1.10 bits per heavy atom. The van der Waals surface area contributed by atoms with E-state index in [9.17, 15) is 9.59 Å². The van der Waals surface area contributed by atoms with E-state index in [1.807, 2.05) is 67.6 Å². The maximum atomic E-state index is 12.8. The van der Waals surface area contributed by atoms with Crippen molar-refractivity contribution in [2.24, 2.45) is 0 Å². The van der Waals surface area contributed by atoms with Crippen molar-refractivity contribution in [3.8, 4) is 11.3 Å². The zero-order valence-corrected chi connectivity index (χ0v) is 17.3. The standard InChI is InChI=1S/C23H19N3O3S/c1-14(15-9-5-3-6-10-15)26-20-19(21(27)25-23(26)30)17(22(28)29-2)13-18(24-20)16-11-7-4-8-12-16/h3-14H,1-2H3,(H,25,27,30)/t14-/m0/s1. The van der Waals surface area contributed by atoms with E-state index in [-0.39, 0.29) is 21.8 Å². The summed E-state index contributed by atoms with van der Waals surface area (Å²) in [5, 5.41) is 0.151. The minimum absolute atomic E-state index is 0.145. The minimum Gasteiger partial charge on any atom is -0.465 e. The number of methoxy groups -OCH3 is 1. The van der Waals surface area contributed by atoms with Gasteiger partial charge in [-0.05, 0) is 30.8 Å². The third-order valence-electron chi connectivity index (χ3n) is 5.04. The van der Waals surface area contributed by atoms with Gasteiger partial charge >= 0.3 is 5.97 Å². The molecule has 0 radical (unpaired) electrons. The number of aromatic nitrogens is 3. The Morgan fingerprint density at radius 2 is 1.73 bits per heavy atom. The van der Waals surface area contributed by atoms with Crippen LogP contribution in [0.5, 0.6) is 0 Å². The molecule has 1 N–H and O–H groups in total. The van der Waals surface area contributed by atoms with Gasteiger partial charge in [-0.15, -0.1) is 0 Å². The number of benzene rings is 2. The number of nitrogens with one attached hydrogen (secondary N) is 1. The van der Waals surface area contributed by atoms with Crippen molar-refractivity contribution in [1.82, 2.24) is 14.5 Å². The monoisotopic (exact) mass is 417 g/mol.